The van der Waals surface area contributed by atoms with Gasteiger partial charge in [-0.05, 0) is 47.1 Å². The van der Waals surface area contributed by atoms with Gasteiger partial charge in [0.05, 0.1) is 28.8 Å². The van der Waals surface area contributed by atoms with Gasteiger partial charge in [0.15, 0.2) is 11.5 Å². The number of esters is 1. The minimum Gasteiger partial charge on any atom is -0.490 e. The molecule has 0 bridgehead atoms. The van der Waals surface area contributed by atoms with Crippen LogP contribution in [0.3, 0.4) is 0 Å². The number of hydrogen-bond acceptors (Lipinski definition) is 4. The fourth-order valence-electron chi connectivity index (χ4n) is 2.00. The number of ether oxygens (including phenoxy) is 3. The second-order valence-corrected chi connectivity index (χ2v) is 6.00. The standard InChI is InChI=1S/C17H15BrClFO4/c1-3-23-15-7-11(17(21)22-2)6-13(18)16(15)24-9-10-4-5-12(20)8-14(10)19/h4-8H,3,9H2,1-2H3. The van der Waals surface area contributed by atoms with Crippen molar-refractivity contribution in [2.24, 2.45) is 0 Å². The van der Waals surface area contributed by atoms with E-state index in [9.17, 15) is 9.18 Å². The van der Waals surface area contributed by atoms with E-state index in [-0.39, 0.29) is 11.6 Å². The van der Waals surface area contributed by atoms with Crippen molar-refractivity contribution in [1.29, 1.82) is 0 Å². The van der Waals surface area contributed by atoms with E-state index in [2.05, 4.69) is 15.9 Å². The maximum atomic E-state index is 13.1. The number of hydrogen-bond donors (Lipinski definition) is 0. The van der Waals surface area contributed by atoms with Crippen molar-refractivity contribution in [3.05, 3.63) is 56.8 Å². The second-order valence-electron chi connectivity index (χ2n) is 4.73. The molecule has 7 heteroatoms. The lowest BCUT2D eigenvalue weighted by Gasteiger charge is -2.15. The zero-order chi connectivity index (χ0) is 17.7. The van der Waals surface area contributed by atoms with Crippen molar-refractivity contribution in [3.8, 4) is 11.5 Å². The van der Waals surface area contributed by atoms with Crippen LogP contribution in [0.2, 0.25) is 5.02 Å². The van der Waals surface area contributed by atoms with Gasteiger partial charge in [0.2, 0.25) is 0 Å². The van der Waals surface area contributed by atoms with E-state index in [1.54, 1.807) is 18.2 Å². The van der Waals surface area contributed by atoms with Gasteiger partial charge in [-0.1, -0.05) is 17.7 Å². The van der Waals surface area contributed by atoms with Gasteiger partial charge in [0, 0.05) is 5.56 Å². The van der Waals surface area contributed by atoms with Crippen LogP contribution < -0.4 is 9.47 Å². The summed E-state index contributed by atoms with van der Waals surface area (Å²) in [5.74, 6) is -0.0810. The molecule has 0 fully saturated rings. The summed E-state index contributed by atoms with van der Waals surface area (Å²) in [6.07, 6.45) is 0. The van der Waals surface area contributed by atoms with E-state index < -0.39 is 11.8 Å². The molecule has 2 aromatic carbocycles. The third kappa shape index (κ3) is 4.39. The summed E-state index contributed by atoms with van der Waals surface area (Å²) < 4.78 is 29.6. The quantitative estimate of drug-likeness (QED) is 0.620. The van der Waals surface area contributed by atoms with Gasteiger partial charge in [0.1, 0.15) is 12.4 Å². The van der Waals surface area contributed by atoms with Crippen LogP contribution in [0.25, 0.3) is 0 Å². The molecule has 0 atom stereocenters. The zero-order valence-corrected chi connectivity index (χ0v) is 15.4. The molecule has 0 aromatic heterocycles. The Kier molecular flexibility index (Phi) is 6.45. The summed E-state index contributed by atoms with van der Waals surface area (Å²) in [6.45, 7) is 2.33. The fraction of sp³-hybridized carbons (Fsp3) is 0.235. The van der Waals surface area contributed by atoms with E-state index in [4.69, 9.17) is 25.8 Å². The fourth-order valence-corrected chi connectivity index (χ4v) is 2.77. The normalized spacial score (nSPS) is 10.4. The van der Waals surface area contributed by atoms with E-state index in [1.807, 2.05) is 6.92 Å². The number of benzene rings is 2. The molecule has 2 aromatic rings. The van der Waals surface area contributed by atoms with Crippen LogP contribution in [0.15, 0.2) is 34.8 Å². The zero-order valence-electron chi connectivity index (χ0n) is 13.1. The third-order valence-corrected chi connectivity index (χ3v) is 4.06. The highest BCUT2D eigenvalue weighted by Gasteiger charge is 2.17. The molecule has 0 amide bonds. The first kappa shape index (κ1) is 18.5. The molecule has 0 saturated heterocycles. The Labute approximate surface area is 152 Å². The van der Waals surface area contributed by atoms with E-state index in [0.29, 0.717) is 33.7 Å². The molecular formula is C17H15BrClFO4. The summed E-state index contributed by atoms with van der Waals surface area (Å²) >= 11 is 9.36. The Morgan fingerprint density at radius 2 is 2.00 bits per heavy atom. The van der Waals surface area contributed by atoms with Crippen LogP contribution in [0.4, 0.5) is 4.39 Å². The molecule has 0 aliphatic carbocycles. The molecular weight excluding hydrogens is 403 g/mol. The molecule has 0 spiro atoms. The maximum Gasteiger partial charge on any atom is 0.338 e. The molecule has 0 aliphatic heterocycles. The first-order chi connectivity index (χ1) is 11.5. The first-order valence-electron chi connectivity index (χ1n) is 7.07. The number of rotatable bonds is 6. The number of carbonyl (C=O) groups is 1. The Bertz CT molecular complexity index is 752. The van der Waals surface area contributed by atoms with Gasteiger partial charge in [-0.15, -0.1) is 0 Å². The first-order valence-corrected chi connectivity index (χ1v) is 8.24. The van der Waals surface area contributed by atoms with Crippen molar-refractivity contribution in [2.45, 2.75) is 13.5 Å². The summed E-state index contributed by atoms with van der Waals surface area (Å²) in [4.78, 5) is 11.7. The van der Waals surface area contributed by atoms with Gasteiger partial charge in [0.25, 0.3) is 0 Å². The number of halogens is 3. The highest BCUT2D eigenvalue weighted by atomic mass is 79.9. The average Bonchev–Trinajstić information content (AvgIpc) is 2.55. The van der Waals surface area contributed by atoms with Crippen LogP contribution in [0.1, 0.15) is 22.8 Å². The average molecular weight is 418 g/mol. The summed E-state index contributed by atoms with van der Waals surface area (Å²) in [6, 6.07) is 7.20. The minimum absolute atomic E-state index is 0.120. The lowest BCUT2D eigenvalue weighted by Crippen LogP contribution is -2.05. The molecule has 0 radical (unpaired) electrons. The topological polar surface area (TPSA) is 44.8 Å². The van der Waals surface area contributed by atoms with Crippen LogP contribution >= 0.6 is 27.5 Å². The Morgan fingerprint density at radius 1 is 1.25 bits per heavy atom. The maximum absolute atomic E-state index is 13.1. The van der Waals surface area contributed by atoms with Gasteiger partial charge in [-0.2, -0.15) is 0 Å². The van der Waals surface area contributed by atoms with E-state index in [0.717, 1.165) is 0 Å². The van der Waals surface area contributed by atoms with E-state index >= 15 is 0 Å². The Morgan fingerprint density at radius 3 is 2.62 bits per heavy atom. The SMILES string of the molecule is CCOc1cc(C(=O)OC)cc(Br)c1OCc1ccc(F)cc1Cl. The molecule has 128 valence electrons. The van der Waals surface area contributed by atoms with Crippen LogP contribution in [0, 0.1) is 5.82 Å². The van der Waals surface area contributed by atoms with Crippen molar-refractivity contribution in [1.82, 2.24) is 0 Å². The largest absolute Gasteiger partial charge is 0.490 e. The number of carbonyl (C=O) groups excluding carboxylic acids is 1. The van der Waals surface area contributed by atoms with Crippen molar-refractivity contribution < 1.29 is 23.4 Å². The molecule has 0 unspecified atom stereocenters. The van der Waals surface area contributed by atoms with Gasteiger partial charge in [-0.25, -0.2) is 9.18 Å². The van der Waals surface area contributed by atoms with Crippen LogP contribution in [0.5, 0.6) is 11.5 Å². The van der Waals surface area contributed by atoms with Crippen LogP contribution in [-0.2, 0) is 11.3 Å². The highest BCUT2D eigenvalue weighted by molar-refractivity contribution is 9.10. The van der Waals surface area contributed by atoms with Crippen LogP contribution in [-0.4, -0.2) is 19.7 Å². The second kappa shape index (κ2) is 8.35. The predicted octanol–water partition coefficient (Wildman–Crippen LogP) is 5.01. The highest BCUT2D eigenvalue weighted by Crippen LogP contribution is 2.38. The lowest BCUT2D eigenvalue weighted by molar-refractivity contribution is 0.0600. The van der Waals surface area contributed by atoms with Gasteiger partial charge < -0.3 is 14.2 Å². The Balaban J connectivity index is 2.29. The minimum atomic E-state index is -0.482. The number of methoxy groups -OCH3 is 1. The predicted molar refractivity (Wildman–Crippen MR) is 92.4 cm³/mol. The van der Waals surface area contributed by atoms with Crippen molar-refractivity contribution in [3.63, 3.8) is 0 Å². The summed E-state index contributed by atoms with van der Waals surface area (Å²) in [7, 11) is 1.30. The molecule has 0 heterocycles. The lowest BCUT2D eigenvalue weighted by atomic mass is 10.2. The monoisotopic (exact) mass is 416 g/mol. The summed E-state index contributed by atoms with van der Waals surface area (Å²) in [5, 5.41) is 0.273. The van der Waals surface area contributed by atoms with Gasteiger partial charge >= 0.3 is 5.97 Å². The molecule has 4 nitrogen and oxygen atoms in total. The Hall–Kier alpha value is -1.79. The van der Waals surface area contributed by atoms with Crippen molar-refractivity contribution >= 4 is 33.5 Å². The van der Waals surface area contributed by atoms with Gasteiger partial charge in [-0.3, -0.25) is 0 Å². The third-order valence-electron chi connectivity index (χ3n) is 3.12. The van der Waals surface area contributed by atoms with E-state index in [1.165, 1.54) is 19.2 Å². The molecule has 0 saturated carbocycles. The smallest absolute Gasteiger partial charge is 0.338 e. The molecule has 0 aliphatic rings. The summed E-state index contributed by atoms with van der Waals surface area (Å²) in [5.41, 5.74) is 0.962. The van der Waals surface area contributed by atoms with Crippen molar-refractivity contribution in [2.75, 3.05) is 13.7 Å². The molecule has 2 rings (SSSR count). The molecule has 0 N–H and O–H groups in total. The molecule has 24 heavy (non-hydrogen) atoms.